The molecule has 0 saturated carbocycles. The fraction of sp³-hybridized carbons (Fsp3) is 0.409. The van der Waals surface area contributed by atoms with E-state index in [9.17, 15) is 19.4 Å². The molecule has 0 aliphatic carbocycles. The maximum Gasteiger partial charge on any atom is 0.307 e. The predicted octanol–water partition coefficient (Wildman–Crippen LogP) is 4.42. The first-order valence-electron chi connectivity index (χ1n) is 9.23. The average Bonchev–Trinajstić information content (AvgIpc) is 2.56. The molecule has 7 heteroatoms. The highest BCUT2D eigenvalue weighted by Crippen LogP contribution is 2.38. The van der Waals surface area contributed by atoms with Crippen LogP contribution >= 0.6 is 12.4 Å². The number of carbonyl (C=O) groups is 1. The number of rotatable bonds is 6. The molecule has 1 atom stereocenters. The van der Waals surface area contributed by atoms with Gasteiger partial charge in [-0.3, -0.25) is 4.79 Å². The molecule has 0 amide bonds. The van der Waals surface area contributed by atoms with Crippen LogP contribution in [-0.4, -0.2) is 22.8 Å². The first kappa shape index (κ1) is 24.9. The Labute approximate surface area is 177 Å². The van der Waals surface area contributed by atoms with E-state index in [2.05, 4.69) is 0 Å². The summed E-state index contributed by atoms with van der Waals surface area (Å²) in [5.74, 6) is -0.995. The zero-order valence-electron chi connectivity index (χ0n) is 17.4. The summed E-state index contributed by atoms with van der Waals surface area (Å²) in [5, 5.41) is 20.8. The minimum atomic E-state index is -1.10. The van der Waals surface area contributed by atoms with Crippen LogP contribution in [0.15, 0.2) is 24.3 Å². The van der Waals surface area contributed by atoms with Crippen LogP contribution in [0.2, 0.25) is 0 Å². The van der Waals surface area contributed by atoms with Crippen molar-refractivity contribution in [1.82, 2.24) is 0 Å². The summed E-state index contributed by atoms with van der Waals surface area (Å²) < 4.78 is 19.6. The first-order chi connectivity index (χ1) is 13.0. The van der Waals surface area contributed by atoms with Crippen molar-refractivity contribution in [2.24, 2.45) is 5.73 Å². The average molecular weight is 426 g/mol. The van der Waals surface area contributed by atoms with Crippen LogP contribution in [0.1, 0.15) is 55.5 Å². The van der Waals surface area contributed by atoms with Gasteiger partial charge in [0, 0.05) is 17.2 Å². The van der Waals surface area contributed by atoms with Gasteiger partial charge in [-0.1, -0.05) is 6.07 Å². The lowest BCUT2D eigenvalue weighted by Crippen LogP contribution is -2.19. The number of phenolic OH excluding ortho intramolecular Hbond substituents is 1. The third kappa shape index (κ3) is 5.69. The first-order valence-corrected chi connectivity index (χ1v) is 9.23. The molecule has 0 spiro atoms. The van der Waals surface area contributed by atoms with Crippen molar-refractivity contribution < 1.29 is 24.1 Å². The number of benzene rings is 2. The highest BCUT2D eigenvalue weighted by atomic mass is 35.5. The number of phenols is 1. The van der Waals surface area contributed by atoms with Gasteiger partial charge in [-0.05, 0) is 75.1 Å². The molecule has 4 N–H and O–H groups in total. The van der Waals surface area contributed by atoms with Gasteiger partial charge in [-0.15, -0.1) is 12.4 Å². The van der Waals surface area contributed by atoms with Crippen LogP contribution < -0.4 is 5.73 Å². The molecule has 0 fully saturated rings. The molecule has 160 valence electrons. The highest BCUT2D eigenvalue weighted by molar-refractivity contribution is 5.85. The number of aryl methyl sites for hydroxylation is 2. The number of aromatic hydroxyl groups is 1. The summed E-state index contributed by atoms with van der Waals surface area (Å²) in [4.78, 5) is 11.7. The van der Waals surface area contributed by atoms with Crippen molar-refractivity contribution in [2.45, 2.75) is 52.7 Å². The Bertz CT molecular complexity index is 870. The highest BCUT2D eigenvalue weighted by Gasteiger charge is 2.23. The number of nitrogens with two attached hydrogens (primary N) is 1. The molecule has 29 heavy (non-hydrogen) atoms. The molecular weight excluding hydrogens is 397 g/mol. The third-order valence-corrected chi connectivity index (χ3v) is 4.68. The van der Waals surface area contributed by atoms with Gasteiger partial charge in [0.1, 0.15) is 11.6 Å². The Morgan fingerprint density at radius 1 is 1.21 bits per heavy atom. The molecule has 0 aliphatic heterocycles. The van der Waals surface area contributed by atoms with E-state index in [-0.39, 0.29) is 36.7 Å². The van der Waals surface area contributed by atoms with Crippen LogP contribution in [0.5, 0.6) is 5.75 Å². The van der Waals surface area contributed by atoms with Crippen LogP contribution in [0.25, 0.3) is 11.1 Å². The van der Waals surface area contributed by atoms with E-state index in [4.69, 9.17) is 10.5 Å². The summed E-state index contributed by atoms with van der Waals surface area (Å²) in [6.45, 7) is 8.61. The van der Waals surface area contributed by atoms with Crippen molar-refractivity contribution in [3.05, 3.63) is 52.3 Å². The van der Waals surface area contributed by atoms with E-state index in [1.165, 1.54) is 6.07 Å². The summed E-state index contributed by atoms with van der Waals surface area (Å²) in [5.41, 5.74) is 7.93. The van der Waals surface area contributed by atoms with Crippen LogP contribution in [0, 0.1) is 19.7 Å². The topological polar surface area (TPSA) is 92.8 Å². The molecule has 0 aromatic heterocycles. The van der Waals surface area contributed by atoms with Gasteiger partial charge in [-0.2, -0.15) is 0 Å². The molecule has 5 nitrogen and oxygen atoms in total. The van der Waals surface area contributed by atoms with Gasteiger partial charge in [-0.25, -0.2) is 4.39 Å². The number of hydrogen-bond donors (Lipinski definition) is 3. The molecule has 0 radical (unpaired) electrons. The van der Waals surface area contributed by atoms with Gasteiger partial charge < -0.3 is 20.7 Å². The van der Waals surface area contributed by atoms with Gasteiger partial charge >= 0.3 is 5.97 Å². The molecule has 0 saturated heterocycles. The Morgan fingerprint density at radius 3 is 2.34 bits per heavy atom. The van der Waals surface area contributed by atoms with Crippen molar-refractivity contribution in [2.75, 3.05) is 6.61 Å². The second-order valence-electron chi connectivity index (χ2n) is 7.56. The quantitative estimate of drug-likeness (QED) is 0.596. The number of ether oxygens (including phenoxy) is 1. The SMILES string of the molecule is CCOC(=O)C[C@H](N)c1cc(-c2c(C)cc(C(C)(C)O)cc2O)cc(C)c1F.Cl. The molecule has 0 unspecified atom stereocenters. The van der Waals surface area contributed by atoms with Crippen molar-refractivity contribution in [3.8, 4) is 16.9 Å². The second kappa shape index (κ2) is 9.57. The Kier molecular flexibility index (Phi) is 8.21. The third-order valence-electron chi connectivity index (χ3n) is 4.68. The zero-order chi connectivity index (χ0) is 21.2. The van der Waals surface area contributed by atoms with Crippen molar-refractivity contribution >= 4 is 18.4 Å². The number of aliphatic hydroxyl groups is 1. The Morgan fingerprint density at radius 2 is 1.83 bits per heavy atom. The molecule has 0 aliphatic rings. The lowest BCUT2D eigenvalue weighted by atomic mass is 9.89. The smallest absolute Gasteiger partial charge is 0.307 e. The monoisotopic (exact) mass is 425 g/mol. The lowest BCUT2D eigenvalue weighted by Gasteiger charge is -2.21. The summed E-state index contributed by atoms with van der Waals surface area (Å²) >= 11 is 0. The van der Waals surface area contributed by atoms with Gasteiger partial charge in [0.15, 0.2) is 0 Å². The van der Waals surface area contributed by atoms with Gasteiger partial charge in [0.05, 0.1) is 18.6 Å². The number of hydrogen-bond acceptors (Lipinski definition) is 5. The Hall–Kier alpha value is -2.15. The Balaban J connectivity index is 0.00000420. The normalized spacial score (nSPS) is 12.3. The van der Waals surface area contributed by atoms with Crippen LogP contribution in [0.3, 0.4) is 0 Å². The summed E-state index contributed by atoms with van der Waals surface area (Å²) in [6.07, 6.45) is -0.143. The molecule has 2 rings (SSSR count). The summed E-state index contributed by atoms with van der Waals surface area (Å²) in [7, 11) is 0. The maximum absolute atomic E-state index is 14.7. The number of esters is 1. The molecule has 0 heterocycles. The van der Waals surface area contributed by atoms with E-state index in [0.717, 1.165) is 5.56 Å². The molecular formula is C22H29ClFNO4. The zero-order valence-corrected chi connectivity index (χ0v) is 18.2. The maximum atomic E-state index is 14.7. The van der Waals surface area contributed by atoms with E-state index < -0.39 is 23.4 Å². The molecule has 2 aromatic carbocycles. The minimum Gasteiger partial charge on any atom is -0.507 e. The summed E-state index contributed by atoms with van der Waals surface area (Å²) in [6, 6.07) is 5.60. The minimum absolute atomic E-state index is 0. The fourth-order valence-corrected chi connectivity index (χ4v) is 3.22. The van der Waals surface area contributed by atoms with Gasteiger partial charge in [0.2, 0.25) is 0 Å². The number of carbonyl (C=O) groups excluding carboxylic acids is 1. The van der Waals surface area contributed by atoms with Crippen molar-refractivity contribution in [3.63, 3.8) is 0 Å². The van der Waals surface area contributed by atoms with Gasteiger partial charge in [0.25, 0.3) is 0 Å². The molecule has 0 bridgehead atoms. The van der Waals surface area contributed by atoms with Crippen LogP contribution in [0.4, 0.5) is 4.39 Å². The van der Waals surface area contributed by atoms with Crippen LogP contribution in [-0.2, 0) is 15.1 Å². The largest absolute Gasteiger partial charge is 0.507 e. The number of halogens is 2. The fourth-order valence-electron chi connectivity index (χ4n) is 3.22. The lowest BCUT2D eigenvalue weighted by molar-refractivity contribution is -0.143. The van der Waals surface area contributed by atoms with Crippen molar-refractivity contribution in [1.29, 1.82) is 0 Å². The predicted molar refractivity (Wildman–Crippen MR) is 114 cm³/mol. The molecule has 2 aromatic rings. The van der Waals surface area contributed by atoms with E-state index in [0.29, 0.717) is 22.3 Å². The standard InChI is InChI=1S/C22H28FNO4.ClH/c1-6-28-19(26)11-17(24)16-9-14(7-13(3)21(16)23)20-12(2)8-15(10-18(20)25)22(4,5)27;/h7-10,17,25,27H,6,11,24H2,1-5H3;1H/t17-;/m0./s1. The van der Waals surface area contributed by atoms with E-state index >= 15 is 0 Å². The second-order valence-corrected chi connectivity index (χ2v) is 7.56. The van der Waals surface area contributed by atoms with E-state index in [1.807, 2.05) is 0 Å². The van der Waals surface area contributed by atoms with E-state index in [1.54, 1.807) is 52.8 Å².